The van der Waals surface area contributed by atoms with Crippen molar-refractivity contribution in [1.82, 2.24) is 9.97 Å². The Morgan fingerprint density at radius 2 is 1.47 bits per heavy atom. The van der Waals surface area contributed by atoms with Gasteiger partial charge in [0.25, 0.3) is 0 Å². The second-order valence-electron chi connectivity index (χ2n) is 4.47. The molecular weight excluding hydrogens is 342 g/mol. The van der Waals surface area contributed by atoms with E-state index in [4.69, 9.17) is 5.73 Å². The van der Waals surface area contributed by atoms with E-state index in [0.717, 1.165) is 15.5 Å². The number of rotatable bonds is 0. The van der Waals surface area contributed by atoms with E-state index in [1.807, 2.05) is 0 Å². The van der Waals surface area contributed by atoms with Gasteiger partial charge in [-0.15, -0.1) is 22.7 Å². The number of nitrogens with zero attached hydrogens (tertiary/aromatic N) is 2. The lowest BCUT2D eigenvalue weighted by Gasteiger charge is -1.80. The summed E-state index contributed by atoms with van der Waals surface area (Å²) < 4.78 is 1.05. The number of anilines is 1. The second kappa shape index (κ2) is 6.33. The number of halogens is 1. The van der Waals surface area contributed by atoms with Gasteiger partial charge in [-0.25, -0.2) is 9.97 Å². The molecule has 2 aliphatic carbocycles. The number of hydrogen-bond donors (Lipinski definition) is 1. The van der Waals surface area contributed by atoms with Crippen LogP contribution in [0.15, 0.2) is 3.92 Å². The molecule has 0 fully saturated rings. The maximum atomic E-state index is 5.50. The van der Waals surface area contributed by atoms with E-state index in [9.17, 15) is 0 Å². The molecule has 0 unspecified atom stereocenters. The molecule has 0 aromatic carbocycles. The van der Waals surface area contributed by atoms with E-state index in [-0.39, 0.29) is 7.43 Å². The average molecular weight is 360 g/mol. The van der Waals surface area contributed by atoms with Gasteiger partial charge in [-0.3, -0.25) is 0 Å². The molecule has 2 heterocycles. The first-order chi connectivity index (χ1) is 8.72. The Bertz CT molecular complexity index is 469. The molecule has 0 saturated heterocycles. The number of fused-ring (bicyclic) bond motifs is 2. The molecule has 0 aliphatic heterocycles. The van der Waals surface area contributed by atoms with Gasteiger partial charge in [0.2, 0.25) is 0 Å². The summed E-state index contributed by atoms with van der Waals surface area (Å²) in [4.78, 5) is 11.4. The molecule has 0 saturated carbocycles. The fraction of sp³-hybridized carbons (Fsp3) is 0.538. The minimum absolute atomic E-state index is 0. The van der Waals surface area contributed by atoms with Gasteiger partial charge in [0.1, 0.15) is 0 Å². The van der Waals surface area contributed by atoms with Crippen molar-refractivity contribution in [3.8, 4) is 0 Å². The Morgan fingerprint density at radius 3 is 2.05 bits per heavy atom. The number of aromatic nitrogens is 2. The van der Waals surface area contributed by atoms with Gasteiger partial charge in [0.05, 0.1) is 11.4 Å². The van der Waals surface area contributed by atoms with Crippen molar-refractivity contribution in [2.24, 2.45) is 0 Å². The Morgan fingerprint density at radius 1 is 0.895 bits per heavy atom. The predicted molar refractivity (Wildman–Crippen MR) is 87.1 cm³/mol. The highest BCUT2D eigenvalue weighted by molar-refractivity contribution is 9.11. The summed E-state index contributed by atoms with van der Waals surface area (Å²) in [6.45, 7) is 0. The summed E-state index contributed by atoms with van der Waals surface area (Å²) in [7, 11) is 0. The third-order valence-corrected chi connectivity index (χ3v) is 5.78. The fourth-order valence-corrected chi connectivity index (χ4v) is 4.96. The number of aryl methyl sites for hydroxylation is 4. The third kappa shape index (κ3) is 3.35. The molecule has 3 nitrogen and oxygen atoms in total. The van der Waals surface area contributed by atoms with E-state index in [2.05, 4.69) is 25.9 Å². The van der Waals surface area contributed by atoms with Crippen LogP contribution in [0.25, 0.3) is 0 Å². The van der Waals surface area contributed by atoms with Crippen LogP contribution in [0, 0.1) is 0 Å². The fourth-order valence-electron chi connectivity index (χ4n) is 2.37. The molecule has 0 radical (unpaired) electrons. The molecule has 2 aromatic heterocycles. The largest absolute Gasteiger partial charge is 0.375 e. The molecule has 104 valence electrons. The Balaban J connectivity index is 0.000000133. The number of nitrogen functional groups attached to an aromatic ring is 1. The van der Waals surface area contributed by atoms with Crippen molar-refractivity contribution in [1.29, 1.82) is 0 Å². The van der Waals surface area contributed by atoms with Crippen molar-refractivity contribution >= 4 is 43.7 Å². The molecule has 4 rings (SSSR count). The Kier molecular flexibility index (Phi) is 4.97. The van der Waals surface area contributed by atoms with Crippen molar-refractivity contribution in [2.45, 2.75) is 46.0 Å². The number of hydrogen-bond acceptors (Lipinski definition) is 5. The van der Waals surface area contributed by atoms with Crippen molar-refractivity contribution in [3.63, 3.8) is 0 Å². The summed E-state index contributed by atoms with van der Waals surface area (Å²) in [5.41, 5.74) is 8.07. The predicted octanol–water partition coefficient (Wildman–Crippen LogP) is 4.24. The van der Waals surface area contributed by atoms with Crippen LogP contribution in [-0.2, 0) is 25.7 Å². The van der Waals surface area contributed by atoms with Crippen LogP contribution in [0.1, 0.15) is 41.4 Å². The molecule has 2 aliphatic rings. The van der Waals surface area contributed by atoms with Crippen molar-refractivity contribution < 1.29 is 0 Å². The summed E-state index contributed by atoms with van der Waals surface area (Å²) in [5, 5.41) is 0.736. The maximum absolute atomic E-state index is 5.50. The first-order valence-electron chi connectivity index (χ1n) is 6.10. The van der Waals surface area contributed by atoms with Crippen LogP contribution < -0.4 is 5.73 Å². The summed E-state index contributed by atoms with van der Waals surface area (Å²) in [6.07, 6.45) is 7.36. The van der Waals surface area contributed by atoms with Crippen LogP contribution >= 0.6 is 38.6 Å². The highest BCUT2D eigenvalue weighted by atomic mass is 79.9. The van der Waals surface area contributed by atoms with E-state index < -0.39 is 0 Å². The highest BCUT2D eigenvalue weighted by Gasteiger charge is 2.15. The molecular formula is C13H18BrN3S2. The topological polar surface area (TPSA) is 51.8 Å². The molecule has 6 heteroatoms. The van der Waals surface area contributed by atoms with Crippen LogP contribution in [0.5, 0.6) is 0 Å². The highest BCUT2D eigenvalue weighted by Crippen LogP contribution is 2.30. The van der Waals surface area contributed by atoms with Gasteiger partial charge < -0.3 is 5.73 Å². The lowest BCUT2D eigenvalue weighted by Crippen LogP contribution is -1.83. The van der Waals surface area contributed by atoms with Crippen LogP contribution in [0.2, 0.25) is 0 Å². The van der Waals surface area contributed by atoms with Gasteiger partial charge in [0.15, 0.2) is 9.05 Å². The smallest absolute Gasteiger partial charge is 0.180 e. The lowest BCUT2D eigenvalue weighted by molar-refractivity contribution is 0.898. The minimum atomic E-state index is 0. The van der Waals surface area contributed by atoms with Crippen LogP contribution in [0.3, 0.4) is 0 Å². The molecule has 0 bridgehead atoms. The molecule has 2 aromatic rings. The van der Waals surface area contributed by atoms with E-state index in [1.54, 1.807) is 22.7 Å². The normalized spacial score (nSPS) is 15.2. The Hall–Kier alpha value is -0.460. The van der Waals surface area contributed by atoms with Crippen LogP contribution in [0.4, 0.5) is 5.13 Å². The van der Waals surface area contributed by atoms with Crippen LogP contribution in [-0.4, -0.2) is 9.97 Å². The summed E-state index contributed by atoms with van der Waals surface area (Å²) in [5.74, 6) is 0. The molecule has 0 atom stereocenters. The van der Waals surface area contributed by atoms with Crippen molar-refractivity contribution in [2.75, 3.05) is 5.73 Å². The SMILES string of the molecule is Brc1nc2c(s1)CCC2.C.Nc1nc2c(s1)CCC2. The molecule has 2 N–H and O–H groups in total. The Labute approximate surface area is 130 Å². The summed E-state index contributed by atoms with van der Waals surface area (Å²) >= 11 is 6.79. The second-order valence-corrected chi connectivity index (χ2v) is 7.94. The summed E-state index contributed by atoms with van der Waals surface area (Å²) in [6, 6.07) is 0. The van der Waals surface area contributed by atoms with Crippen molar-refractivity contribution in [3.05, 3.63) is 25.1 Å². The van der Waals surface area contributed by atoms with Gasteiger partial charge in [-0.05, 0) is 54.5 Å². The van der Waals surface area contributed by atoms with Gasteiger partial charge >= 0.3 is 0 Å². The van der Waals surface area contributed by atoms with E-state index in [0.29, 0.717) is 0 Å². The molecule has 0 spiro atoms. The average Bonchev–Trinajstić information content (AvgIpc) is 2.97. The van der Waals surface area contributed by atoms with Gasteiger partial charge in [-0.2, -0.15) is 0 Å². The molecule has 0 amide bonds. The van der Waals surface area contributed by atoms with Gasteiger partial charge in [0, 0.05) is 9.75 Å². The number of nitrogens with two attached hydrogens (primary N) is 1. The zero-order valence-corrected chi connectivity index (χ0v) is 13.1. The zero-order valence-electron chi connectivity index (χ0n) is 9.91. The quantitative estimate of drug-likeness (QED) is 0.764. The lowest BCUT2D eigenvalue weighted by atomic mass is 10.4. The number of thiazole rings is 2. The molecule has 19 heavy (non-hydrogen) atoms. The standard InChI is InChI=1S/C6H6BrNS.C6H8N2S.CH4/c2*7-6-8-4-2-1-3-5(4)9-6;/h1-3H2;1-3H2,(H2,7,8);1H4. The first-order valence-corrected chi connectivity index (χ1v) is 8.53. The zero-order chi connectivity index (χ0) is 12.5. The first kappa shape index (κ1) is 14.9. The van der Waals surface area contributed by atoms with E-state index >= 15 is 0 Å². The third-order valence-electron chi connectivity index (χ3n) is 3.18. The maximum Gasteiger partial charge on any atom is 0.180 e. The van der Waals surface area contributed by atoms with Gasteiger partial charge in [-0.1, -0.05) is 7.43 Å². The van der Waals surface area contributed by atoms with E-state index in [1.165, 1.54) is 53.2 Å². The monoisotopic (exact) mass is 359 g/mol. The minimum Gasteiger partial charge on any atom is -0.375 e.